The van der Waals surface area contributed by atoms with Crippen molar-refractivity contribution in [3.05, 3.63) is 60.6 Å². The summed E-state index contributed by atoms with van der Waals surface area (Å²) < 4.78 is 0. The van der Waals surface area contributed by atoms with Crippen LogP contribution in [0.4, 0.5) is 0 Å². The van der Waals surface area contributed by atoms with Gasteiger partial charge in [0.2, 0.25) is 0 Å². The first-order valence-electron chi connectivity index (χ1n) is 5.62. The predicted molar refractivity (Wildman–Crippen MR) is 69.7 cm³/mol. The van der Waals surface area contributed by atoms with Crippen molar-refractivity contribution >= 4 is 10.9 Å². The summed E-state index contributed by atoms with van der Waals surface area (Å²) in [4.78, 5) is 8.77. The lowest BCUT2D eigenvalue weighted by Gasteiger charge is -2.06. The summed E-state index contributed by atoms with van der Waals surface area (Å²) in [5.74, 6) is 0.806. The van der Waals surface area contributed by atoms with Gasteiger partial charge in [-0.2, -0.15) is 0 Å². The summed E-state index contributed by atoms with van der Waals surface area (Å²) in [5, 5.41) is 1.08. The Balaban J connectivity index is 2.33. The number of para-hydroxylation sites is 1. The van der Waals surface area contributed by atoms with E-state index < -0.39 is 0 Å². The number of benzene rings is 2. The van der Waals surface area contributed by atoms with Crippen molar-refractivity contribution in [1.82, 2.24) is 9.97 Å². The average Bonchev–Trinajstić information content (AvgIpc) is 2.39. The second-order valence-electron chi connectivity index (χ2n) is 4.03. The zero-order valence-electron chi connectivity index (χ0n) is 9.59. The van der Waals surface area contributed by atoms with Crippen LogP contribution in [0.15, 0.2) is 54.7 Å². The molecule has 0 aliphatic heterocycles. The molecule has 0 unspecified atom stereocenters. The van der Waals surface area contributed by atoms with Gasteiger partial charge in [0.05, 0.1) is 5.52 Å². The summed E-state index contributed by atoms with van der Waals surface area (Å²) in [6, 6.07) is 16.5. The van der Waals surface area contributed by atoms with Crippen molar-refractivity contribution in [1.29, 1.82) is 0 Å². The zero-order valence-corrected chi connectivity index (χ0v) is 9.59. The first-order valence-corrected chi connectivity index (χ1v) is 5.62. The van der Waals surface area contributed by atoms with Crippen molar-refractivity contribution in [3.63, 3.8) is 0 Å². The zero-order chi connectivity index (χ0) is 11.7. The lowest BCUT2D eigenvalue weighted by atomic mass is 10.0. The normalized spacial score (nSPS) is 10.6. The monoisotopic (exact) mass is 220 g/mol. The molecule has 2 nitrogen and oxygen atoms in total. The molecule has 2 aromatic carbocycles. The molecule has 1 aromatic heterocycles. The van der Waals surface area contributed by atoms with Crippen LogP contribution < -0.4 is 0 Å². The number of rotatable bonds is 1. The van der Waals surface area contributed by atoms with Crippen LogP contribution in [0, 0.1) is 6.92 Å². The highest BCUT2D eigenvalue weighted by Crippen LogP contribution is 2.26. The van der Waals surface area contributed by atoms with Gasteiger partial charge >= 0.3 is 0 Å². The molecule has 17 heavy (non-hydrogen) atoms. The maximum Gasteiger partial charge on any atom is 0.125 e. The number of aromatic nitrogens is 2. The van der Waals surface area contributed by atoms with Gasteiger partial charge in [0.1, 0.15) is 5.82 Å². The molecule has 0 atom stereocenters. The first-order chi connectivity index (χ1) is 8.34. The molecule has 0 spiro atoms. The highest BCUT2D eigenvalue weighted by molar-refractivity contribution is 5.93. The molecule has 82 valence electrons. The van der Waals surface area contributed by atoms with Crippen molar-refractivity contribution in [2.45, 2.75) is 6.92 Å². The summed E-state index contributed by atoms with van der Waals surface area (Å²) in [6.45, 7) is 1.92. The molecule has 3 aromatic rings. The number of fused-ring (bicyclic) bond motifs is 1. The second kappa shape index (κ2) is 3.98. The van der Waals surface area contributed by atoms with Gasteiger partial charge in [-0.3, -0.25) is 0 Å². The Morgan fingerprint density at radius 3 is 2.53 bits per heavy atom. The number of nitrogens with zero attached hydrogens (tertiary/aromatic N) is 2. The van der Waals surface area contributed by atoms with Crippen LogP contribution in [0.5, 0.6) is 0 Å². The van der Waals surface area contributed by atoms with Gasteiger partial charge in [-0.15, -0.1) is 0 Å². The highest BCUT2D eigenvalue weighted by Gasteiger charge is 2.04. The minimum absolute atomic E-state index is 0.806. The van der Waals surface area contributed by atoms with Gasteiger partial charge in [0.25, 0.3) is 0 Å². The number of hydrogen-bond donors (Lipinski definition) is 0. The summed E-state index contributed by atoms with van der Waals surface area (Å²) in [7, 11) is 0. The van der Waals surface area contributed by atoms with E-state index in [1.807, 2.05) is 43.5 Å². The van der Waals surface area contributed by atoms with E-state index in [9.17, 15) is 0 Å². The Morgan fingerprint density at radius 1 is 0.882 bits per heavy atom. The third-order valence-corrected chi connectivity index (χ3v) is 2.82. The van der Waals surface area contributed by atoms with Crippen LogP contribution in [0.2, 0.25) is 0 Å². The van der Waals surface area contributed by atoms with E-state index in [1.165, 1.54) is 5.56 Å². The minimum atomic E-state index is 0.806. The third kappa shape index (κ3) is 1.78. The van der Waals surface area contributed by atoms with Gasteiger partial charge in [-0.05, 0) is 12.5 Å². The average molecular weight is 220 g/mol. The molecule has 0 bridgehead atoms. The maximum absolute atomic E-state index is 4.54. The summed E-state index contributed by atoms with van der Waals surface area (Å²) in [5.41, 5.74) is 3.37. The SMILES string of the molecule is Cc1ncc2cccc(-c3ccccc3)c2n1. The van der Waals surface area contributed by atoms with Gasteiger partial charge in [-0.1, -0.05) is 48.5 Å². The van der Waals surface area contributed by atoms with Crippen molar-refractivity contribution < 1.29 is 0 Å². The Kier molecular flexibility index (Phi) is 2.33. The largest absolute Gasteiger partial charge is 0.241 e. The van der Waals surface area contributed by atoms with E-state index in [4.69, 9.17) is 0 Å². The topological polar surface area (TPSA) is 25.8 Å². The van der Waals surface area contributed by atoms with Crippen molar-refractivity contribution in [2.75, 3.05) is 0 Å². The molecule has 0 saturated carbocycles. The molecule has 0 aliphatic carbocycles. The van der Waals surface area contributed by atoms with E-state index in [-0.39, 0.29) is 0 Å². The van der Waals surface area contributed by atoms with E-state index in [0.717, 1.165) is 22.3 Å². The summed E-state index contributed by atoms with van der Waals surface area (Å²) in [6.07, 6.45) is 1.88. The van der Waals surface area contributed by atoms with Gasteiger partial charge in [-0.25, -0.2) is 9.97 Å². The van der Waals surface area contributed by atoms with Crippen LogP contribution in [-0.4, -0.2) is 9.97 Å². The summed E-state index contributed by atoms with van der Waals surface area (Å²) >= 11 is 0. The molecular weight excluding hydrogens is 208 g/mol. The maximum atomic E-state index is 4.54. The standard InChI is InChI=1S/C15H12N2/c1-11-16-10-13-8-5-9-14(15(13)17-11)12-6-3-2-4-7-12/h2-10H,1H3. The van der Waals surface area contributed by atoms with Crippen LogP contribution >= 0.6 is 0 Å². The fraction of sp³-hybridized carbons (Fsp3) is 0.0667. The predicted octanol–water partition coefficient (Wildman–Crippen LogP) is 3.61. The van der Waals surface area contributed by atoms with E-state index >= 15 is 0 Å². The molecular formula is C15H12N2. The molecule has 2 heteroatoms. The van der Waals surface area contributed by atoms with Gasteiger partial charge < -0.3 is 0 Å². The molecule has 0 radical (unpaired) electrons. The number of aryl methyl sites for hydroxylation is 1. The second-order valence-corrected chi connectivity index (χ2v) is 4.03. The van der Waals surface area contributed by atoms with Gasteiger partial charge in [0.15, 0.2) is 0 Å². The molecule has 3 rings (SSSR count). The highest BCUT2D eigenvalue weighted by atomic mass is 14.9. The van der Waals surface area contributed by atoms with Crippen LogP contribution in [0.1, 0.15) is 5.82 Å². The smallest absolute Gasteiger partial charge is 0.125 e. The fourth-order valence-electron chi connectivity index (χ4n) is 1.99. The molecule has 0 fully saturated rings. The Labute approximate surface area is 100.0 Å². The molecule has 0 N–H and O–H groups in total. The Hall–Kier alpha value is -2.22. The molecule has 1 heterocycles. The molecule has 0 aliphatic rings. The van der Waals surface area contributed by atoms with Crippen LogP contribution in [-0.2, 0) is 0 Å². The van der Waals surface area contributed by atoms with Gasteiger partial charge in [0, 0.05) is 17.1 Å². The Bertz CT molecular complexity index is 660. The minimum Gasteiger partial charge on any atom is -0.241 e. The fourth-order valence-corrected chi connectivity index (χ4v) is 1.99. The number of hydrogen-bond acceptors (Lipinski definition) is 2. The Morgan fingerprint density at radius 2 is 1.71 bits per heavy atom. The lowest BCUT2D eigenvalue weighted by molar-refractivity contribution is 1.09. The molecule has 0 saturated heterocycles. The van der Waals surface area contributed by atoms with Crippen LogP contribution in [0.25, 0.3) is 22.0 Å². The third-order valence-electron chi connectivity index (χ3n) is 2.82. The lowest BCUT2D eigenvalue weighted by Crippen LogP contribution is -1.90. The van der Waals surface area contributed by atoms with E-state index in [1.54, 1.807) is 0 Å². The first kappa shape index (κ1) is 9.97. The van der Waals surface area contributed by atoms with E-state index in [0.29, 0.717) is 0 Å². The quantitative estimate of drug-likeness (QED) is 0.626. The van der Waals surface area contributed by atoms with Crippen molar-refractivity contribution in [3.8, 4) is 11.1 Å². The van der Waals surface area contributed by atoms with Crippen LogP contribution in [0.3, 0.4) is 0 Å². The van der Waals surface area contributed by atoms with E-state index in [2.05, 4.69) is 28.2 Å². The van der Waals surface area contributed by atoms with Crippen molar-refractivity contribution in [2.24, 2.45) is 0 Å². The molecule has 0 amide bonds.